The van der Waals surface area contributed by atoms with Gasteiger partial charge in [-0.3, -0.25) is 4.90 Å². The summed E-state index contributed by atoms with van der Waals surface area (Å²) in [5.74, 6) is 3.70. The lowest BCUT2D eigenvalue weighted by atomic mass is 10.1. The number of aromatic nitrogens is 2. The molecule has 1 atom stereocenters. The maximum Gasteiger partial charge on any atom is 0.148 e. The molecule has 0 aliphatic carbocycles. The zero-order valence-corrected chi connectivity index (χ0v) is 11.4. The molecule has 0 bridgehead atoms. The molecule has 1 aromatic rings. The van der Waals surface area contributed by atoms with Crippen molar-refractivity contribution in [1.82, 2.24) is 14.9 Å². The van der Waals surface area contributed by atoms with Crippen LogP contribution in [0.15, 0.2) is 0 Å². The van der Waals surface area contributed by atoms with E-state index in [4.69, 9.17) is 15.5 Å². The Morgan fingerprint density at radius 3 is 3.17 bits per heavy atom. The standard InChI is InChI=1S/C12H18N4OS/c1-16-3-5-18-7-10(16)12-14-9-2-4-17-6-8(9)11(13)15-12/h10H,2-7H2,1H3,(H2,13,14,15). The minimum Gasteiger partial charge on any atom is -0.383 e. The SMILES string of the molecule is CN1CCSCC1c1nc(N)c2c(n1)CCOC2. The molecule has 3 heterocycles. The minimum atomic E-state index is 0.291. The van der Waals surface area contributed by atoms with Crippen molar-refractivity contribution in [3.05, 3.63) is 17.1 Å². The number of ether oxygens (including phenoxy) is 1. The van der Waals surface area contributed by atoms with Crippen LogP contribution in [0.2, 0.25) is 0 Å². The van der Waals surface area contributed by atoms with Crippen LogP contribution in [0, 0.1) is 0 Å². The van der Waals surface area contributed by atoms with Gasteiger partial charge in [0.2, 0.25) is 0 Å². The molecule has 1 unspecified atom stereocenters. The van der Waals surface area contributed by atoms with Crippen molar-refractivity contribution >= 4 is 17.6 Å². The number of anilines is 1. The lowest BCUT2D eigenvalue weighted by Crippen LogP contribution is -2.34. The number of nitrogens with two attached hydrogens (primary N) is 1. The highest BCUT2D eigenvalue weighted by molar-refractivity contribution is 7.99. The molecular weight excluding hydrogens is 248 g/mol. The Bertz CT molecular complexity index is 454. The fourth-order valence-corrected chi connectivity index (χ4v) is 3.59. The van der Waals surface area contributed by atoms with Crippen LogP contribution in [0.3, 0.4) is 0 Å². The first-order chi connectivity index (χ1) is 8.75. The molecule has 2 aliphatic rings. The van der Waals surface area contributed by atoms with Crippen LogP contribution < -0.4 is 5.73 Å². The maximum absolute atomic E-state index is 6.04. The van der Waals surface area contributed by atoms with Crippen molar-refractivity contribution in [3.63, 3.8) is 0 Å². The third-order valence-electron chi connectivity index (χ3n) is 3.57. The van der Waals surface area contributed by atoms with E-state index in [2.05, 4.69) is 16.9 Å². The molecule has 2 aliphatic heterocycles. The van der Waals surface area contributed by atoms with E-state index in [0.29, 0.717) is 18.5 Å². The quantitative estimate of drug-likeness (QED) is 0.813. The molecule has 1 aromatic heterocycles. The molecule has 0 saturated carbocycles. The number of nitrogens with zero attached hydrogens (tertiary/aromatic N) is 3. The zero-order chi connectivity index (χ0) is 12.5. The first-order valence-electron chi connectivity index (χ1n) is 6.26. The minimum absolute atomic E-state index is 0.291. The van der Waals surface area contributed by atoms with Gasteiger partial charge in [-0.1, -0.05) is 0 Å². The number of hydrogen-bond donors (Lipinski definition) is 1. The van der Waals surface area contributed by atoms with E-state index in [1.165, 1.54) is 5.75 Å². The van der Waals surface area contributed by atoms with Gasteiger partial charge in [-0.05, 0) is 7.05 Å². The molecule has 0 spiro atoms. The monoisotopic (exact) mass is 266 g/mol. The Kier molecular flexibility index (Phi) is 3.41. The van der Waals surface area contributed by atoms with E-state index in [1.54, 1.807) is 0 Å². The van der Waals surface area contributed by atoms with Gasteiger partial charge in [-0.2, -0.15) is 11.8 Å². The Balaban J connectivity index is 1.94. The largest absolute Gasteiger partial charge is 0.383 e. The van der Waals surface area contributed by atoms with Crippen molar-refractivity contribution in [3.8, 4) is 0 Å². The third-order valence-corrected chi connectivity index (χ3v) is 4.59. The van der Waals surface area contributed by atoms with Gasteiger partial charge in [-0.15, -0.1) is 0 Å². The van der Waals surface area contributed by atoms with Crippen molar-refractivity contribution < 1.29 is 4.74 Å². The number of thioether (sulfide) groups is 1. The Morgan fingerprint density at radius 2 is 2.33 bits per heavy atom. The first-order valence-corrected chi connectivity index (χ1v) is 7.42. The zero-order valence-electron chi connectivity index (χ0n) is 10.6. The van der Waals surface area contributed by atoms with Crippen molar-refractivity contribution in [2.75, 3.05) is 37.4 Å². The normalized spacial score (nSPS) is 24.8. The summed E-state index contributed by atoms with van der Waals surface area (Å²) < 4.78 is 5.41. The Morgan fingerprint density at radius 1 is 1.44 bits per heavy atom. The van der Waals surface area contributed by atoms with Gasteiger partial charge in [-0.25, -0.2) is 9.97 Å². The molecule has 0 aromatic carbocycles. The Labute approximate surface area is 111 Å². The van der Waals surface area contributed by atoms with E-state index in [1.807, 2.05) is 11.8 Å². The highest BCUT2D eigenvalue weighted by Gasteiger charge is 2.26. The molecule has 18 heavy (non-hydrogen) atoms. The lowest BCUT2D eigenvalue weighted by molar-refractivity contribution is 0.109. The first kappa shape index (κ1) is 12.2. The molecule has 5 nitrogen and oxygen atoms in total. The highest BCUT2D eigenvalue weighted by atomic mass is 32.2. The summed E-state index contributed by atoms with van der Waals surface area (Å²) in [6.45, 7) is 2.37. The average molecular weight is 266 g/mol. The van der Waals surface area contributed by atoms with Crippen molar-refractivity contribution in [1.29, 1.82) is 0 Å². The fraction of sp³-hybridized carbons (Fsp3) is 0.667. The molecule has 1 fully saturated rings. The molecule has 2 N–H and O–H groups in total. The summed E-state index contributed by atoms with van der Waals surface area (Å²) in [6, 6.07) is 0.291. The molecule has 6 heteroatoms. The number of nitrogen functional groups attached to an aromatic ring is 1. The van der Waals surface area contributed by atoms with Crippen LogP contribution in [-0.4, -0.2) is 46.6 Å². The molecule has 1 saturated heterocycles. The number of hydrogen-bond acceptors (Lipinski definition) is 6. The smallest absolute Gasteiger partial charge is 0.148 e. The second-order valence-electron chi connectivity index (χ2n) is 4.77. The topological polar surface area (TPSA) is 64.3 Å². The highest BCUT2D eigenvalue weighted by Crippen LogP contribution is 2.28. The van der Waals surface area contributed by atoms with Gasteiger partial charge in [0.1, 0.15) is 11.6 Å². The van der Waals surface area contributed by atoms with Gasteiger partial charge in [0.05, 0.1) is 24.9 Å². The van der Waals surface area contributed by atoms with Crippen LogP contribution in [0.25, 0.3) is 0 Å². The van der Waals surface area contributed by atoms with Gasteiger partial charge in [0.15, 0.2) is 0 Å². The fourth-order valence-electron chi connectivity index (χ4n) is 2.38. The Hall–Kier alpha value is -0.850. The number of rotatable bonds is 1. The molecule has 0 radical (unpaired) electrons. The van der Waals surface area contributed by atoms with Gasteiger partial charge in [0, 0.05) is 30.0 Å². The van der Waals surface area contributed by atoms with E-state index >= 15 is 0 Å². The predicted molar refractivity (Wildman–Crippen MR) is 72.5 cm³/mol. The van der Waals surface area contributed by atoms with Crippen LogP contribution in [0.1, 0.15) is 23.1 Å². The predicted octanol–water partition coefficient (Wildman–Crippen LogP) is 0.851. The van der Waals surface area contributed by atoms with Crippen LogP contribution in [0.4, 0.5) is 5.82 Å². The van der Waals surface area contributed by atoms with E-state index in [-0.39, 0.29) is 0 Å². The average Bonchev–Trinajstić information content (AvgIpc) is 2.39. The van der Waals surface area contributed by atoms with Crippen LogP contribution >= 0.6 is 11.8 Å². The van der Waals surface area contributed by atoms with Gasteiger partial charge >= 0.3 is 0 Å². The van der Waals surface area contributed by atoms with Crippen LogP contribution in [0.5, 0.6) is 0 Å². The summed E-state index contributed by atoms with van der Waals surface area (Å²) in [6.07, 6.45) is 0.846. The molecule has 0 amide bonds. The van der Waals surface area contributed by atoms with E-state index in [9.17, 15) is 0 Å². The third kappa shape index (κ3) is 2.20. The molecule has 3 rings (SSSR count). The maximum atomic E-state index is 6.04. The summed E-state index contributed by atoms with van der Waals surface area (Å²) in [7, 11) is 2.13. The second-order valence-corrected chi connectivity index (χ2v) is 5.92. The van der Waals surface area contributed by atoms with E-state index < -0.39 is 0 Å². The van der Waals surface area contributed by atoms with Crippen LogP contribution in [-0.2, 0) is 17.8 Å². The summed E-state index contributed by atoms with van der Waals surface area (Å²) in [5, 5.41) is 0. The summed E-state index contributed by atoms with van der Waals surface area (Å²) in [4.78, 5) is 11.5. The second kappa shape index (κ2) is 5.03. The molecule has 98 valence electrons. The van der Waals surface area contributed by atoms with Crippen molar-refractivity contribution in [2.45, 2.75) is 19.1 Å². The summed E-state index contributed by atoms with van der Waals surface area (Å²) in [5.41, 5.74) is 8.10. The van der Waals surface area contributed by atoms with Gasteiger partial charge in [0.25, 0.3) is 0 Å². The number of fused-ring (bicyclic) bond motifs is 1. The van der Waals surface area contributed by atoms with Gasteiger partial charge < -0.3 is 10.5 Å². The van der Waals surface area contributed by atoms with E-state index in [0.717, 1.165) is 42.4 Å². The molecular formula is C12H18N4OS. The van der Waals surface area contributed by atoms with Crippen molar-refractivity contribution in [2.24, 2.45) is 0 Å². The lowest BCUT2D eigenvalue weighted by Gasteiger charge is -2.31. The summed E-state index contributed by atoms with van der Waals surface area (Å²) >= 11 is 1.96.